The van der Waals surface area contributed by atoms with E-state index >= 15 is 0 Å². The number of methoxy groups -OCH3 is 1. The fourth-order valence-corrected chi connectivity index (χ4v) is 4.26. The number of hydrogen-bond donors (Lipinski definition) is 1. The van der Waals surface area contributed by atoms with Crippen LogP contribution in [0.25, 0.3) is 0 Å². The highest BCUT2D eigenvalue weighted by Crippen LogP contribution is 2.44. The van der Waals surface area contributed by atoms with Crippen molar-refractivity contribution in [2.45, 2.75) is 36.6 Å². The second-order valence-corrected chi connectivity index (χ2v) is 6.25. The predicted molar refractivity (Wildman–Crippen MR) is 75.6 cm³/mol. The molecule has 0 saturated heterocycles. The van der Waals surface area contributed by atoms with Crippen molar-refractivity contribution < 1.29 is 9.53 Å². The van der Waals surface area contributed by atoms with Crippen LogP contribution in [0, 0.1) is 11.8 Å². The summed E-state index contributed by atoms with van der Waals surface area (Å²) in [6, 6.07) is 9.04. The Hall–Kier alpha value is -1.00. The molecule has 0 aromatic heterocycles. The Morgan fingerprint density at radius 1 is 1.26 bits per heavy atom. The molecular formula is C15H19NO2S. The molecule has 19 heavy (non-hydrogen) atoms. The number of rotatable bonds is 2. The molecule has 3 nitrogen and oxygen atoms in total. The molecule has 4 heteroatoms. The maximum absolute atomic E-state index is 11.6. The average Bonchev–Trinajstić information content (AvgIpc) is 2.90. The Morgan fingerprint density at radius 2 is 2.00 bits per heavy atom. The van der Waals surface area contributed by atoms with Crippen molar-refractivity contribution in [2.24, 2.45) is 11.8 Å². The van der Waals surface area contributed by atoms with Crippen molar-refractivity contribution in [3.05, 3.63) is 29.8 Å². The fourth-order valence-electron chi connectivity index (χ4n) is 3.23. The van der Waals surface area contributed by atoms with E-state index in [2.05, 4.69) is 29.0 Å². The predicted octanol–water partition coefficient (Wildman–Crippen LogP) is 3.32. The van der Waals surface area contributed by atoms with Crippen LogP contribution in [0.15, 0.2) is 29.2 Å². The van der Waals surface area contributed by atoms with E-state index in [9.17, 15) is 4.79 Å². The van der Waals surface area contributed by atoms with Crippen LogP contribution in [0.3, 0.4) is 0 Å². The number of benzene rings is 1. The molecule has 1 N–H and O–H groups in total. The number of ether oxygens (including phenoxy) is 1. The zero-order chi connectivity index (χ0) is 13.2. The fraction of sp³-hybridized carbons (Fsp3) is 0.533. The molecule has 1 aliphatic heterocycles. The van der Waals surface area contributed by atoms with Crippen molar-refractivity contribution in [3.8, 4) is 0 Å². The summed E-state index contributed by atoms with van der Waals surface area (Å²) in [6.45, 7) is 0. The molecule has 1 aromatic rings. The minimum atomic E-state index is -0.0346. The molecule has 0 spiro atoms. The molecule has 1 fully saturated rings. The number of hydrogen-bond acceptors (Lipinski definition) is 4. The van der Waals surface area contributed by atoms with Gasteiger partial charge in [-0.05, 0) is 55.2 Å². The van der Waals surface area contributed by atoms with Gasteiger partial charge in [0.25, 0.3) is 0 Å². The zero-order valence-corrected chi connectivity index (χ0v) is 11.9. The molecule has 0 radical (unpaired) electrons. The van der Waals surface area contributed by atoms with E-state index in [-0.39, 0.29) is 11.9 Å². The highest BCUT2D eigenvalue weighted by atomic mass is 32.2. The van der Waals surface area contributed by atoms with Gasteiger partial charge in [0.2, 0.25) is 0 Å². The number of esters is 1. The molecule has 102 valence electrons. The average molecular weight is 277 g/mol. The zero-order valence-electron chi connectivity index (χ0n) is 11.1. The van der Waals surface area contributed by atoms with Crippen LogP contribution in [-0.4, -0.2) is 13.1 Å². The molecule has 0 bridgehead atoms. The van der Waals surface area contributed by atoms with Crippen LogP contribution >= 0.6 is 11.9 Å². The third-order valence-corrected chi connectivity index (χ3v) is 5.29. The summed E-state index contributed by atoms with van der Waals surface area (Å²) >= 11 is 1.74. The van der Waals surface area contributed by atoms with Crippen molar-refractivity contribution >= 4 is 17.9 Å². The smallest absolute Gasteiger partial charge is 0.308 e. The van der Waals surface area contributed by atoms with Crippen LogP contribution in [0.4, 0.5) is 0 Å². The maximum Gasteiger partial charge on any atom is 0.308 e. The number of carbonyl (C=O) groups is 1. The van der Waals surface area contributed by atoms with E-state index in [0.29, 0.717) is 12.0 Å². The minimum Gasteiger partial charge on any atom is -0.469 e. The normalized spacial score (nSPS) is 29.8. The van der Waals surface area contributed by atoms with Gasteiger partial charge in [-0.3, -0.25) is 9.52 Å². The molecule has 1 saturated carbocycles. The number of fused-ring (bicyclic) bond motifs is 1. The molecule has 0 amide bonds. The van der Waals surface area contributed by atoms with Gasteiger partial charge in [-0.2, -0.15) is 0 Å². The van der Waals surface area contributed by atoms with Crippen LogP contribution in [0.2, 0.25) is 0 Å². The van der Waals surface area contributed by atoms with Crippen molar-refractivity contribution in [3.63, 3.8) is 0 Å². The van der Waals surface area contributed by atoms with Crippen molar-refractivity contribution in [2.75, 3.05) is 7.11 Å². The van der Waals surface area contributed by atoms with Gasteiger partial charge in [-0.1, -0.05) is 18.2 Å². The first kappa shape index (κ1) is 13.0. The van der Waals surface area contributed by atoms with Crippen LogP contribution in [0.5, 0.6) is 0 Å². The molecule has 3 rings (SSSR count). The van der Waals surface area contributed by atoms with Gasteiger partial charge in [0, 0.05) is 10.9 Å². The highest BCUT2D eigenvalue weighted by Gasteiger charge is 2.34. The first-order valence-corrected chi connectivity index (χ1v) is 7.70. The Balaban J connectivity index is 1.65. The topological polar surface area (TPSA) is 38.3 Å². The molecule has 1 aliphatic carbocycles. The lowest BCUT2D eigenvalue weighted by Gasteiger charge is -2.31. The van der Waals surface area contributed by atoms with Crippen molar-refractivity contribution in [1.82, 2.24) is 4.72 Å². The van der Waals surface area contributed by atoms with Crippen molar-refractivity contribution in [1.29, 1.82) is 0 Å². The quantitative estimate of drug-likeness (QED) is 0.665. The monoisotopic (exact) mass is 277 g/mol. The summed E-state index contributed by atoms with van der Waals surface area (Å²) in [5, 5.41) is 0. The van der Waals surface area contributed by atoms with Gasteiger partial charge in [0.05, 0.1) is 13.0 Å². The van der Waals surface area contributed by atoms with E-state index < -0.39 is 0 Å². The lowest BCUT2D eigenvalue weighted by Crippen LogP contribution is -2.28. The third-order valence-electron chi connectivity index (χ3n) is 4.33. The largest absolute Gasteiger partial charge is 0.469 e. The molecule has 1 aromatic carbocycles. The Labute approximate surface area is 118 Å². The summed E-state index contributed by atoms with van der Waals surface area (Å²) in [4.78, 5) is 12.9. The molecule has 1 atom stereocenters. The highest BCUT2D eigenvalue weighted by molar-refractivity contribution is 7.97. The third kappa shape index (κ3) is 2.51. The van der Waals surface area contributed by atoms with Crippen LogP contribution in [0.1, 0.15) is 37.3 Å². The van der Waals surface area contributed by atoms with Crippen LogP contribution in [-0.2, 0) is 9.53 Å². The van der Waals surface area contributed by atoms with Gasteiger partial charge < -0.3 is 4.74 Å². The standard InChI is InChI=1S/C15H19NO2S/c1-18-15(17)11-8-6-10(7-9-11)14-12-4-2-3-5-13(12)19-16-14/h2-5,10-11,14,16H,6-9H2,1H3. The van der Waals surface area contributed by atoms with E-state index in [0.717, 1.165) is 25.7 Å². The Bertz CT molecular complexity index is 469. The van der Waals surface area contributed by atoms with E-state index in [1.54, 1.807) is 11.9 Å². The van der Waals surface area contributed by atoms with Gasteiger partial charge in [-0.25, -0.2) is 0 Å². The van der Waals surface area contributed by atoms with Gasteiger partial charge in [0.15, 0.2) is 0 Å². The SMILES string of the molecule is COC(=O)C1CCC(C2NSc3ccccc32)CC1. The molecule has 1 unspecified atom stereocenters. The summed E-state index contributed by atoms with van der Waals surface area (Å²) in [5.74, 6) is 0.718. The van der Waals surface area contributed by atoms with Gasteiger partial charge >= 0.3 is 5.97 Å². The Morgan fingerprint density at radius 3 is 2.74 bits per heavy atom. The second-order valence-electron chi connectivity index (χ2n) is 5.37. The minimum absolute atomic E-state index is 0.0346. The molecule has 2 aliphatic rings. The first-order valence-electron chi connectivity index (χ1n) is 6.88. The first-order chi connectivity index (χ1) is 9.29. The van der Waals surface area contributed by atoms with E-state index in [1.807, 2.05) is 0 Å². The summed E-state index contributed by atoms with van der Waals surface area (Å²) in [5.41, 5.74) is 1.43. The maximum atomic E-state index is 11.6. The lowest BCUT2D eigenvalue weighted by molar-refractivity contribution is -0.146. The number of nitrogens with one attached hydrogen (secondary N) is 1. The molecule has 1 heterocycles. The number of carbonyl (C=O) groups excluding carboxylic acids is 1. The van der Waals surface area contributed by atoms with Gasteiger partial charge in [-0.15, -0.1) is 0 Å². The Kier molecular flexibility index (Phi) is 3.80. The second kappa shape index (κ2) is 5.55. The van der Waals surface area contributed by atoms with E-state index in [4.69, 9.17) is 4.74 Å². The summed E-state index contributed by atoms with van der Waals surface area (Å²) < 4.78 is 8.40. The van der Waals surface area contributed by atoms with Gasteiger partial charge in [0.1, 0.15) is 0 Å². The lowest BCUT2D eigenvalue weighted by atomic mass is 9.77. The summed E-state index contributed by atoms with van der Waals surface area (Å²) in [7, 11) is 1.49. The van der Waals surface area contributed by atoms with Crippen LogP contribution < -0.4 is 4.72 Å². The molecular weight excluding hydrogens is 258 g/mol. The summed E-state index contributed by atoms with van der Waals surface area (Å²) in [6.07, 6.45) is 4.13. The van der Waals surface area contributed by atoms with E-state index in [1.165, 1.54) is 17.6 Å².